The molecule has 0 saturated carbocycles. The van der Waals surface area contributed by atoms with Gasteiger partial charge in [0.2, 0.25) is 0 Å². The first-order valence-electron chi connectivity index (χ1n) is 11.6. The van der Waals surface area contributed by atoms with Crippen molar-refractivity contribution in [2.45, 2.75) is 50.6 Å². The minimum atomic E-state index is 0.225. The highest BCUT2D eigenvalue weighted by molar-refractivity contribution is 7.98. The SMILES string of the molecule is CSc1cccc(NC2CCN/C(=C(/C)N)c3ccc(C4=CCN(C(C)C)CC4)cc32)c1. The van der Waals surface area contributed by atoms with Crippen LogP contribution in [0.15, 0.2) is 59.1 Å². The van der Waals surface area contributed by atoms with E-state index < -0.39 is 0 Å². The topological polar surface area (TPSA) is 53.3 Å². The minimum absolute atomic E-state index is 0.225. The van der Waals surface area contributed by atoms with E-state index in [0.29, 0.717) is 6.04 Å². The van der Waals surface area contributed by atoms with E-state index in [1.54, 1.807) is 11.8 Å². The van der Waals surface area contributed by atoms with Crippen molar-refractivity contribution in [3.05, 3.63) is 70.9 Å². The number of nitrogens with zero attached hydrogens (tertiary/aromatic N) is 1. The lowest BCUT2D eigenvalue weighted by molar-refractivity contribution is 0.245. The van der Waals surface area contributed by atoms with E-state index in [1.165, 1.54) is 32.8 Å². The zero-order chi connectivity index (χ0) is 22.7. The molecule has 0 bridgehead atoms. The smallest absolute Gasteiger partial charge is 0.0605 e. The van der Waals surface area contributed by atoms with Crippen LogP contribution >= 0.6 is 11.8 Å². The molecule has 0 spiro atoms. The highest BCUT2D eigenvalue weighted by Gasteiger charge is 2.24. The number of nitrogens with one attached hydrogen (secondary N) is 2. The fourth-order valence-corrected chi connectivity index (χ4v) is 5.16. The fourth-order valence-electron chi connectivity index (χ4n) is 4.70. The van der Waals surface area contributed by atoms with Crippen molar-refractivity contribution in [2.24, 2.45) is 5.73 Å². The monoisotopic (exact) mass is 448 g/mol. The van der Waals surface area contributed by atoms with Gasteiger partial charge in [0.25, 0.3) is 0 Å². The molecule has 0 fully saturated rings. The molecule has 0 amide bonds. The van der Waals surface area contributed by atoms with Crippen LogP contribution in [0.4, 0.5) is 5.69 Å². The van der Waals surface area contributed by atoms with Gasteiger partial charge in [-0.2, -0.15) is 0 Å². The molecule has 0 saturated heterocycles. The summed E-state index contributed by atoms with van der Waals surface area (Å²) < 4.78 is 0. The minimum Gasteiger partial charge on any atom is -0.401 e. The number of thioether (sulfide) groups is 1. The summed E-state index contributed by atoms with van der Waals surface area (Å²) in [6.45, 7) is 9.58. The Hall–Kier alpha value is -2.37. The number of anilines is 1. The van der Waals surface area contributed by atoms with Crippen LogP contribution in [0.3, 0.4) is 0 Å². The molecule has 0 aromatic heterocycles. The summed E-state index contributed by atoms with van der Waals surface area (Å²) in [5.74, 6) is 0. The molecule has 170 valence electrons. The van der Waals surface area contributed by atoms with Crippen LogP contribution in [-0.2, 0) is 0 Å². The van der Waals surface area contributed by atoms with Crippen LogP contribution in [0.1, 0.15) is 56.3 Å². The molecule has 1 atom stereocenters. The lowest BCUT2D eigenvalue weighted by atomic mass is 9.90. The van der Waals surface area contributed by atoms with Gasteiger partial charge in [-0.25, -0.2) is 0 Å². The first-order valence-corrected chi connectivity index (χ1v) is 12.9. The number of nitrogens with two attached hydrogens (primary N) is 1. The molecule has 0 radical (unpaired) electrons. The molecular formula is C27H36N4S. The zero-order valence-electron chi connectivity index (χ0n) is 19.7. The van der Waals surface area contributed by atoms with E-state index in [2.05, 4.69) is 84.2 Å². The molecule has 2 aliphatic heterocycles. The number of benzene rings is 2. The van der Waals surface area contributed by atoms with Crippen molar-refractivity contribution in [3.63, 3.8) is 0 Å². The lowest BCUT2D eigenvalue weighted by Crippen LogP contribution is -2.34. The molecule has 4 nitrogen and oxygen atoms in total. The van der Waals surface area contributed by atoms with Gasteiger partial charge in [-0.3, -0.25) is 4.90 Å². The van der Waals surface area contributed by atoms with Gasteiger partial charge in [0.05, 0.1) is 11.7 Å². The van der Waals surface area contributed by atoms with Crippen molar-refractivity contribution in [3.8, 4) is 0 Å². The zero-order valence-corrected chi connectivity index (χ0v) is 20.6. The van der Waals surface area contributed by atoms with E-state index in [0.717, 1.165) is 43.9 Å². The van der Waals surface area contributed by atoms with E-state index in [-0.39, 0.29) is 6.04 Å². The number of rotatable bonds is 5. The first-order chi connectivity index (χ1) is 15.5. The molecule has 0 aliphatic carbocycles. The van der Waals surface area contributed by atoms with Crippen molar-refractivity contribution in [1.29, 1.82) is 0 Å². The molecule has 2 aliphatic rings. The van der Waals surface area contributed by atoms with Crippen LogP contribution in [0.25, 0.3) is 11.3 Å². The van der Waals surface area contributed by atoms with Crippen LogP contribution in [0.5, 0.6) is 0 Å². The third-order valence-corrected chi connectivity index (χ3v) is 7.30. The van der Waals surface area contributed by atoms with Crippen molar-refractivity contribution in [2.75, 3.05) is 31.2 Å². The number of allylic oxidation sites excluding steroid dienone is 1. The van der Waals surface area contributed by atoms with Crippen LogP contribution < -0.4 is 16.4 Å². The van der Waals surface area contributed by atoms with E-state index in [9.17, 15) is 0 Å². The Labute approximate surface area is 197 Å². The summed E-state index contributed by atoms with van der Waals surface area (Å²) in [7, 11) is 0. The average molecular weight is 449 g/mol. The molecule has 1 unspecified atom stereocenters. The standard InChI is InChI=1S/C27H36N4S/c1-18(2)31-14-11-20(12-15-31)21-8-9-24-25(16-21)26(10-13-29-27(24)19(3)28)30-22-6-5-7-23(17-22)32-4/h5-9,11,16-18,26,29-30H,10,12-15,28H2,1-4H3/b27-19-. The second kappa shape index (κ2) is 10.1. The molecule has 2 aromatic rings. The molecule has 4 N–H and O–H groups in total. The molecule has 2 heterocycles. The van der Waals surface area contributed by atoms with Crippen molar-refractivity contribution < 1.29 is 0 Å². The summed E-state index contributed by atoms with van der Waals surface area (Å²) in [6, 6.07) is 16.4. The highest BCUT2D eigenvalue weighted by Crippen LogP contribution is 2.35. The maximum atomic E-state index is 6.29. The van der Waals surface area contributed by atoms with Crippen molar-refractivity contribution in [1.82, 2.24) is 10.2 Å². The van der Waals surface area contributed by atoms with Gasteiger partial charge in [0, 0.05) is 47.5 Å². The third kappa shape index (κ3) is 5.00. The van der Waals surface area contributed by atoms with Crippen LogP contribution in [0.2, 0.25) is 0 Å². The Morgan fingerprint density at radius 1 is 1.22 bits per heavy atom. The quantitative estimate of drug-likeness (QED) is 0.512. The van der Waals surface area contributed by atoms with Gasteiger partial charge in [0.1, 0.15) is 0 Å². The Morgan fingerprint density at radius 3 is 2.75 bits per heavy atom. The van der Waals surface area contributed by atoms with Gasteiger partial charge in [-0.05, 0) is 80.8 Å². The summed E-state index contributed by atoms with van der Waals surface area (Å²) in [4.78, 5) is 3.80. The number of hydrogen-bond donors (Lipinski definition) is 3. The third-order valence-electron chi connectivity index (χ3n) is 6.58. The Morgan fingerprint density at radius 2 is 2.06 bits per heavy atom. The van der Waals surface area contributed by atoms with E-state index >= 15 is 0 Å². The average Bonchev–Trinajstić information content (AvgIpc) is 2.98. The van der Waals surface area contributed by atoms with Gasteiger partial charge in [-0.1, -0.05) is 24.3 Å². The number of hydrogen-bond acceptors (Lipinski definition) is 5. The predicted octanol–water partition coefficient (Wildman–Crippen LogP) is 5.70. The Kier molecular flexibility index (Phi) is 7.17. The summed E-state index contributed by atoms with van der Waals surface area (Å²) in [5.41, 5.74) is 14.7. The Balaban J connectivity index is 1.71. The molecule has 2 aromatic carbocycles. The van der Waals surface area contributed by atoms with E-state index in [4.69, 9.17) is 5.73 Å². The van der Waals surface area contributed by atoms with Gasteiger partial charge in [0.15, 0.2) is 0 Å². The van der Waals surface area contributed by atoms with Gasteiger partial charge in [-0.15, -0.1) is 11.8 Å². The lowest BCUT2D eigenvalue weighted by Gasteiger charge is -2.30. The molecule has 5 heteroatoms. The van der Waals surface area contributed by atoms with Crippen LogP contribution in [0, 0.1) is 0 Å². The normalized spacial score (nSPS) is 20.8. The second-order valence-corrected chi connectivity index (χ2v) is 9.95. The summed E-state index contributed by atoms with van der Waals surface area (Å²) in [5, 5.41) is 7.40. The maximum absolute atomic E-state index is 6.29. The highest BCUT2D eigenvalue weighted by atomic mass is 32.2. The molecule has 4 rings (SSSR count). The van der Waals surface area contributed by atoms with Crippen molar-refractivity contribution >= 4 is 28.7 Å². The number of fused-ring (bicyclic) bond motifs is 1. The first kappa shape index (κ1) is 22.8. The Bertz CT molecular complexity index is 1020. The summed E-state index contributed by atoms with van der Waals surface area (Å²) >= 11 is 1.77. The maximum Gasteiger partial charge on any atom is 0.0605 e. The molecular weight excluding hydrogens is 412 g/mol. The van der Waals surface area contributed by atoms with Gasteiger partial charge >= 0.3 is 0 Å². The summed E-state index contributed by atoms with van der Waals surface area (Å²) in [6.07, 6.45) is 6.63. The van der Waals surface area contributed by atoms with Gasteiger partial charge < -0.3 is 16.4 Å². The molecule has 32 heavy (non-hydrogen) atoms. The van der Waals surface area contributed by atoms with E-state index in [1.807, 2.05) is 6.92 Å². The second-order valence-electron chi connectivity index (χ2n) is 9.07. The predicted molar refractivity (Wildman–Crippen MR) is 140 cm³/mol. The fraction of sp³-hybridized carbons (Fsp3) is 0.407. The largest absolute Gasteiger partial charge is 0.401 e. The van der Waals surface area contributed by atoms with Crippen LogP contribution in [-0.4, -0.2) is 36.8 Å².